The molecule has 0 spiro atoms. The lowest BCUT2D eigenvalue weighted by Crippen LogP contribution is -2.32. The van der Waals surface area contributed by atoms with Crippen LogP contribution in [-0.2, 0) is 33.2 Å². The van der Waals surface area contributed by atoms with E-state index < -0.39 is 30.8 Å². The van der Waals surface area contributed by atoms with Gasteiger partial charge in [-0.05, 0) is 73.0 Å². The van der Waals surface area contributed by atoms with Gasteiger partial charge in [0.1, 0.15) is 37.1 Å². The zero-order valence-corrected chi connectivity index (χ0v) is 41.1. The zero-order valence-electron chi connectivity index (χ0n) is 38.0. The number of thioether (sulfide) groups is 2. The number of hydrogen-bond donors (Lipinski definition) is 6. The molecule has 8 rings (SSSR count). The van der Waals surface area contributed by atoms with Crippen LogP contribution in [0.5, 0.6) is 0 Å². The van der Waals surface area contributed by atoms with E-state index in [0.717, 1.165) is 30.9 Å². The average molecular weight is 1030 g/mol. The maximum atomic E-state index is 10.6. The molecule has 0 bridgehead atoms. The molecule has 0 amide bonds. The van der Waals surface area contributed by atoms with Crippen LogP contribution in [0.3, 0.4) is 0 Å². The average Bonchev–Trinajstić information content (AvgIpc) is 4.11. The summed E-state index contributed by atoms with van der Waals surface area (Å²) >= 11 is 13.0. The number of anilines is 2. The number of carboxylic acid groups (broad SMARTS) is 1. The fourth-order valence-electron chi connectivity index (χ4n) is 7.61. The number of carboxylic acids is 1. The molecule has 0 unspecified atom stereocenters. The Labute approximate surface area is 404 Å². The molecule has 7 N–H and O–H groups in total. The molecule has 8 atom stereocenters. The van der Waals surface area contributed by atoms with E-state index in [2.05, 4.69) is 58.3 Å². The number of hydrogen-bond acceptors (Lipinski definition) is 20. The SMILES string of the molecule is CSC[C@H]1O[C@@H](n2cnc3c(NCCCN)ncnc32)[C@@H]2OC(C)(C)O[C@@H]21.CSC[C@H]1O[C@@H](n2cnc3c(NCCCNB(C)O)ncnc32)[C@@H]2OC(C)(C)O[C@@H]21.ClCCl.O=C(O)C(F)(F)F. The van der Waals surface area contributed by atoms with Crippen LogP contribution in [0.2, 0.25) is 6.82 Å². The number of nitrogens with one attached hydrogen (secondary N) is 3. The Kier molecular flexibility index (Phi) is 20.2. The summed E-state index contributed by atoms with van der Waals surface area (Å²) in [6.45, 7) is 12.2. The molecule has 0 radical (unpaired) electrons. The Morgan fingerprint density at radius 1 is 0.776 bits per heavy atom. The van der Waals surface area contributed by atoms with Gasteiger partial charge in [0.25, 0.3) is 0 Å². The highest BCUT2D eigenvalue weighted by Gasteiger charge is 2.57. The molecule has 0 saturated carbocycles. The number of aliphatic carboxylic acids is 1. The second-order valence-corrected chi connectivity index (χ2v) is 18.8. The largest absolute Gasteiger partial charge is 0.490 e. The fraction of sp³-hybridized carbons (Fsp3) is 0.711. The predicted molar refractivity (Wildman–Crippen MR) is 250 cm³/mol. The zero-order chi connectivity index (χ0) is 49.1. The summed E-state index contributed by atoms with van der Waals surface area (Å²) in [5.74, 6) is -0.995. The van der Waals surface area contributed by atoms with E-state index >= 15 is 0 Å². The molecule has 67 heavy (non-hydrogen) atoms. The second kappa shape index (κ2) is 24.7. The van der Waals surface area contributed by atoms with Gasteiger partial charge in [-0.3, -0.25) is 9.13 Å². The molecule has 0 aliphatic carbocycles. The molecule has 29 heteroatoms. The van der Waals surface area contributed by atoms with Crippen LogP contribution in [0, 0.1) is 0 Å². The van der Waals surface area contributed by atoms with Gasteiger partial charge in [0.15, 0.2) is 58.0 Å². The van der Waals surface area contributed by atoms with Crippen molar-refractivity contribution in [3.63, 3.8) is 0 Å². The van der Waals surface area contributed by atoms with Crippen molar-refractivity contribution in [1.29, 1.82) is 0 Å². The van der Waals surface area contributed by atoms with Crippen LogP contribution < -0.4 is 21.6 Å². The molecule has 4 fully saturated rings. The van der Waals surface area contributed by atoms with Gasteiger partial charge in [-0.15, -0.1) is 23.2 Å². The predicted octanol–water partition coefficient (Wildman–Crippen LogP) is 4.53. The van der Waals surface area contributed by atoms with Crippen molar-refractivity contribution in [2.75, 3.05) is 66.2 Å². The third-order valence-electron chi connectivity index (χ3n) is 10.2. The normalized spacial score (nSPS) is 25.6. The molecule has 21 nitrogen and oxygen atoms in total. The second-order valence-electron chi connectivity index (χ2n) is 16.1. The number of fused-ring (bicyclic) bond motifs is 4. The summed E-state index contributed by atoms with van der Waals surface area (Å²) in [7, 11) is -0.511. The van der Waals surface area contributed by atoms with E-state index in [9.17, 15) is 18.2 Å². The highest BCUT2D eigenvalue weighted by molar-refractivity contribution is 7.98. The number of halogens is 5. The quantitative estimate of drug-likeness (QED) is 0.0512. The van der Waals surface area contributed by atoms with Crippen molar-refractivity contribution in [3.05, 3.63) is 25.3 Å². The van der Waals surface area contributed by atoms with Crippen molar-refractivity contribution in [3.8, 4) is 0 Å². The summed E-state index contributed by atoms with van der Waals surface area (Å²) in [6, 6.07) is 0. The lowest BCUT2D eigenvalue weighted by molar-refractivity contribution is -0.193. The van der Waals surface area contributed by atoms with Crippen LogP contribution in [0.1, 0.15) is 53.0 Å². The number of aromatic nitrogens is 8. The standard InChI is InChI=1S/C18H29BN6O4S.C17H26N6O3S.C2HF3O2.CH2Cl2/c1-18(2)28-13-11(8-30-4)27-17(14(13)29-18)25-10-23-12-15(21-9-22-16(12)25)20-6-5-7-24-19(3)26;1-17(2)25-12-10(7-27-3)24-16(13(12)26-17)23-9-22-11-14(19-6-4-5-18)20-8-21-15(11)23;3-2(4,5)1(6)7;2-1-3/h9-11,13-14,17,24,26H,5-8H2,1-4H3,(H,20,21,22);8-10,12-13,16H,4-7,18H2,1-3H3,(H,19,20,21);(H,6,7);1H2/t11-,13-,14-,17-;10-,12-,13-,16-;;/m11../s1. The van der Waals surface area contributed by atoms with Gasteiger partial charge in [-0.2, -0.15) is 36.7 Å². The maximum absolute atomic E-state index is 10.6. The van der Waals surface area contributed by atoms with E-state index in [1.54, 1.807) is 43.0 Å². The number of alkyl halides is 5. The molecular weight excluding hydrogens is 971 g/mol. The van der Waals surface area contributed by atoms with Crippen molar-refractivity contribution < 1.29 is 56.5 Å². The van der Waals surface area contributed by atoms with Crippen LogP contribution in [-0.4, -0.2) is 172 Å². The van der Waals surface area contributed by atoms with Gasteiger partial charge in [-0.1, -0.05) is 0 Å². The van der Waals surface area contributed by atoms with Gasteiger partial charge in [0, 0.05) is 24.6 Å². The lowest BCUT2D eigenvalue weighted by Gasteiger charge is -2.24. The van der Waals surface area contributed by atoms with Gasteiger partial charge in [0.2, 0.25) is 0 Å². The van der Waals surface area contributed by atoms with E-state index in [1.807, 2.05) is 36.8 Å². The maximum Gasteiger partial charge on any atom is 0.490 e. The Morgan fingerprint density at radius 3 is 1.55 bits per heavy atom. The Morgan fingerprint density at radius 2 is 1.18 bits per heavy atom. The van der Waals surface area contributed by atoms with E-state index in [-0.39, 0.29) is 54.4 Å². The topological polar surface area (TPSA) is 262 Å². The molecule has 4 aromatic heterocycles. The molecule has 374 valence electrons. The minimum Gasteiger partial charge on any atom is -0.475 e. The monoisotopic (exact) mass is 1030 g/mol. The van der Waals surface area contributed by atoms with Crippen molar-refractivity contribution in [1.82, 2.24) is 44.3 Å². The van der Waals surface area contributed by atoms with Crippen molar-refractivity contribution >= 4 is 93.7 Å². The number of carbonyl (C=O) groups is 1. The molecule has 4 aliphatic heterocycles. The molecular formula is C38H58BCl2F3N12O9S2. The van der Waals surface area contributed by atoms with Crippen molar-refractivity contribution in [2.45, 2.75) is 114 Å². The third kappa shape index (κ3) is 14.3. The van der Waals surface area contributed by atoms with Gasteiger partial charge in [0.05, 0.1) is 30.2 Å². The minimum atomic E-state index is -5.08. The lowest BCUT2D eigenvalue weighted by atomic mass is 9.89. The molecule has 4 saturated heterocycles. The number of nitrogens with two attached hydrogens (primary N) is 1. The Balaban J connectivity index is 0.000000210. The van der Waals surface area contributed by atoms with Crippen LogP contribution in [0.15, 0.2) is 25.3 Å². The van der Waals surface area contributed by atoms with Gasteiger partial charge in [-0.25, -0.2) is 34.7 Å². The van der Waals surface area contributed by atoms with E-state index in [0.29, 0.717) is 53.6 Å². The van der Waals surface area contributed by atoms with Crippen LogP contribution >= 0.6 is 46.7 Å². The van der Waals surface area contributed by atoms with E-state index in [4.69, 9.17) is 67.3 Å². The van der Waals surface area contributed by atoms with Gasteiger partial charge < -0.3 is 60.1 Å². The molecule has 4 aliphatic rings. The summed E-state index contributed by atoms with van der Waals surface area (Å²) < 4.78 is 72.8. The molecule has 4 aromatic rings. The third-order valence-corrected chi connectivity index (χ3v) is 11.5. The number of nitrogens with zero attached hydrogens (tertiary/aromatic N) is 8. The number of rotatable bonds is 16. The summed E-state index contributed by atoms with van der Waals surface area (Å²) in [4.78, 5) is 35.5. The molecule has 8 heterocycles. The first kappa shape index (κ1) is 54.9. The summed E-state index contributed by atoms with van der Waals surface area (Å²) in [6.07, 6.45) is 5.78. The Bertz CT molecular complexity index is 2190. The first-order chi connectivity index (χ1) is 31.8. The van der Waals surface area contributed by atoms with Crippen LogP contribution in [0.25, 0.3) is 22.3 Å². The fourth-order valence-corrected chi connectivity index (χ4v) is 8.81. The highest BCUT2D eigenvalue weighted by atomic mass is 35.5. The summed E-state index contributed by atoms with van der Waals surface area (Å²) in [5, 5.41) is 26.1. The smallest absolute Gasteiger partial charge is 0.475 e. The summed E-state index contributed by atoms with van der Waals surface area (Å²) in [5.41, 5.74) is 8.36. The molecule has 0 aromatic carbocycles. The number of ether oxygens (including phenoxy) is 6. The first-order valence-corrected chi connectivity index (χ1v) is 25.0. The number of imidazole rings is 2. The van der Waals surface area contributed by atoms with Gasteiger partial charge >= 0.3 is 19.2 Å². The van der Waals surface area contributed by atoms with Crippen molar-refractivity contribution in [2.24, 2.45) is 5.73 Å². The first-order valence-electron chi connectivity index (χ1n) is 21.2. The minimum absolute atomic E-state index is 0.0433. The highest BCUT2D eigenvalue weighted by Crippen LogP contribution is 2.46. The van der Waals surface area contributed by atoms with E-state index in [1.165, 1.54) is 12.7 Å². The van der Waals surface area contributed by atoms with Crippen LogP contribution in [0.4, 0.5) is 24.8 Å². The Hall–Kier alpha value is -3.06.